The third-order valence-corrected chi connectivity index (χ3v) is 6.89. The van der Waals surface area contributed by atoms with Gasteiger partial charge in [-0.15, -0.1) is 0 Å². The van der Waals surface area contributed by atoms with Gasteiger partial charge in [0, 0.05) is 31.5 Å². The zero-order valence-corrected chi connectivity index (χ0v) is 19.9. The lowest BCUT2D eigenvalue weighted by Crippen LogP contribution is -2.46. The average Bonchev–Trinajstić information content (AvgIpc) is 3.18. The summed E-state index contributed by atoms with van der Waals surface area (Å²) in [7, 11) is 1.51. The van der Waals surface area contributed by atoms with Crippen molar-refractivity contribution in [1.29, 1.82) is 0 Å². The molecule has 2 atom stereocenters. The lowest BCUT2D eigenvalue weighted by Gasteiger charge is -2.32. The fourth-order valence-corrected chi connectivity index (χ4v) is 5.24. The first kappa shape index (κ1) is 24.7. The van der Waals surface area contributed by atoms with Crippen LogP contribution >= 0.6 is 0 Å². The van der Waals surface area contributed by atoms with Gasteiger partial charge < -0.3 is 24.8 Å². The molecule has 2 aliphatic rings. The highest BCUT2D eigenvalue weighted by atomic mass is 16.5. The van der Waals surface area contributed by atoms with E-state index in [4.69, 9.17) is 14.6 Å². The molecule has 0 bridgehead atoms. The number of benzene rings is 2. The van der Waals surface area contributed by atoms with Crippen LogP contribution in [0.5, 0.6) is 0 Å². The number of nitrogens with one attached hydrogen (secondary N) is 1. The summed E-state index contributed by atoms with van der Waals surface area (Å²) in [5.74, 6) is -1.61. The van der Waals surface area contributed by atoms with Gasteiger partial charge in [0.25, 0.3) is 0 Å². The van der Waals surface area contributed by atoms with Crippen LogP contribution in [0.2, 0.25) is 0 Å². The van der Waals surface area contributed by atoms with Gasteiger partial charge in [0.2, 0.25) is 5.91 Å². The van der Waals surface area contributed by atoms with Crippen molar-refractivity contribution in [1.82, 2.24) is 10.2 Å². The molecule has 0 aromatic heterocycles. The van der Waals surface area contributed by atoms with Crippen molar-refractivity contribution in [2.75, 3.05) is 33.4 Å². The maximum atomic E-state index is 13.0. The number of carbonyl (C=O) groups excluding carboxylic acids is 2. The smallest absolute Gasteiger partial charge is 0.407 e. The molecule has 4 rings (SSSR count). The first-order valence-corrected chi connectivity index (χ1v) is 12.1. The van der Waals surface area contributed by atoms with E-state index in [1.165, 1.54) is 23.1 Å². The summed E-state index contributed by atoms with van der Waals surface area (Å²) in [5, 5.41) is 12.1. The van der Waals surface area contributed by atoms with Gasteiger partial charge in [0.15, 0.2) is 0 Å². The van der Waals surface area contributed by atoms with Crippen LogP contribution in [0.25, 0.3) is 11.1 Å². The molecule has 2 N–H and O–H groups in total. The fraction of sp³-hybridized carbons (Fsp3) is 0.444. The Bertz CT molecular complexity index is 1030. The first-order chi connectivity index (χ1) is 17.0. The van der Waals surface area contributed by atoms with E-state index < -0.39 is 12.1 Å². The van der Waals surface area contributed by atoms with Gasteiger partial charge in [0.1, 0.15) is 13.2 Å². The standard InChI is InChI=1S/C27H32N2O6/c1-34-14-13-29(16-25(30)31)26(32)18-7-6-8-19(15-18)28-27(33)35-17-24-22-11-4-2-9-20(22)21-10-3-5-12-23(21)24/h2-5,9-12,18-19,24H,6-8,13-17H2,1H3,(H,28,33)(H,30,31)/t18-,19-/m1/s1. The van der Waals surface area contributed by atoms with Gasteiger partial charge in [0.05, 0.1) is 6.61 Å². The maximum absolute atomic E-state index is 13.0. The number of methoxy groups -OCH3 is 1. The monoisotopic (exact) mass is 480 g/mol. The quantitative estimate of drug-likeness (QED) is 0.568. The normalized spacial score (nSPS) is 18.9. The molecule has 0 aliphatic heterocycles. The molecule has 0 radical (unpaired) electrons. The largest absolute Gasteiger partial charge is 0.480 e. The molecule has 0 spiro atoms. The number of rotatable bonds is 9. The number of alkyl carbamates (subject to hydrolysis) is 1. The molecule has 8 nitrogen and oxygen atoms in total. The highest BCUT2D eigenvalue weighted by Gasteiger charge is 2.33. The summed E-state index contributed by atoms with van der Waals surface area (Å²) in [6, 6.07) is 16.2. The summed E-state index contributed by atoms with van der Waals surface area (Å²) in [6.45, 7) is 0.372. The van der Waals surface area contributed by atoms with E-state index >= 15 is 0 Å². The summed E-state index contributed by atoms with van der Waals surface area (Å²) in [5.41, 5.74) is 4.65. The van der Waals surface area contributed by atoms with E-state index in [-0.39, 0.29) is 50.1 Å². The second-order valence-electron chi connectivity index (χ2n) is 9.18. The maximum Gasteiger partial charge on any atom is 0.407 e. The van der Waals surface area contributed by atoms with Crippen molar-refractivity contribution in [3.63, 3.8) is 0 Å². The Morgan fingerprint density at radius 1 is 1.03 bits per heavy atom. The summed E-state index contributed by atoms with van der Waals surface area (Å²) < 4.78 is 10.7. The van der Waals surface area contributed by atoms with Crippen LogP contribution < -0.4 is 5.32 Å². The fourth-order valence-electron chi connectivity index (χ4n) is 5.24. The van der Waals surface area contributed by atoms with Gasteiger partial charge in [-0.2, -0.15) is 0 Å². The summed E-state index contributed by atoms with van der Waals surface area (Å²) in [6.07, 6.45) is 2.17. The van der Waals surface area contributed by atoms with E-state index in [0.717, 1.165) is 24.0 Å². The Morgan fingerprint density at radius 2 is 1.69 bits per heavy atom. The van der Waals surface area contributed by atoms with Crippen LogP contribution in [-0.2, 0) is 19.1 Å². The molecular weight excluding hydrogens is 448 g/mol. The topological polar surface area (TPSA) is 105 Å². The minimum Gasteiger partial charge on any atom is -0.480 e. The van der Waals surface area contributed by atoms with E-state index in [2.05, 4.69) is 29.6 Å². The molecule has 0 saturated heterocycles. The van der Waals surface area contributed by atoms with Crippen molar-refractivity contribution in [2.45, 2.75) is 37.6 Å². The van der Waals surface area contributed by atoms with Crippen molar-refractivity contribution in [3.05, 3.63) is 59.7 Å². The van der Waals surface area contributed by atoms with E-state index in [0.29, 0.717) is 12.8 Å². The predicted octanol–water partition coefficient (Wildman–Crippen LogP) is 3.64. The van der Waals surface area contributed by atoms with Crippen LogP contribution in [-0.4, -0.2) is 67.4 Å². The molecular formula is C27H32N2O6. The zero-order chi connectivity index (χ0) is 24.8. The number of carbonyl (C=O) groups is 3. The Labute approximate surface area is 205 Å². The van der Waals surface area contributed by atoms with Crippen LogP contribution in [0.3, 0.4) is 0 Å². The summed E-state index contributed by atoms with van der Waals surface area (Å²) >= 11 is 0. The first-order valence-electron chi connectivity index (χ1n) is 12.1. The molecule has 1 saturated carbocycles. The van der Waals surface area contributed by atoms with Crippen LogP contribution in [0.4, 0.5) is 4.79 Å². The molecule has 2 aromatic carbocycles. The van der Waals surface area contributed by atoms with Gasteiger partial charge in [-0.1, -0.05) is 55.0 Å². The van der Waals surface area contributed by atoms with Crippen molar-refractivity contribution < 1.29 is 29.0 Å². The molecule has 8 heteroatoms. The third-order valence-electron chi connectivity index (χ3n) is 6.89. The molecule has 0 unspecified atom stereocenters. The second kappa shape index (κ2) is 11.4. The molecule has 186 valence electrons. The highest BCUT2D eigenvalue weighted by Crippen LogP contribution is 2.44. The highest BCUT2D eigenvalue weighted by molar-refractivity contribution is 5.83. The Kier molecular flexibility index (Phi) is 8.02. The number of aliphatic carboxylic acids is 1. The summed E-state index contributed by atoms with van der Waals surface area (Å²) in [4.78, 5) is 38.2. The third kappa shape index (κ3) is 5.82. The number of amides is 2. The van der Waals surface area contributed by atoms with Gasteiger partial charge in [-0.3, -0.25) is 9.59 Å². The van der Waals surface area contributed by atoms with Crippen LogP contribution in [0.15, 0.2) is 48.5 Å². The lowest BCUT2D eigenvalue weighted by atomic mass is 9.84. The zero-order valence-electron chi connectivity index (χ0n) is 19.9. The van der Waals surface area contributed by atoms with Gasteiger partial charge in [-0.25, -0.2) is 4.79 Å². The van der Waals surface area contributed by atoms with Gasteiger partial charge in [-0.05, 0) is 41.5 Å². The molecule has 2 aromatic rings. The van der Waals surface area contributed by atoms with E-state index in [1.807, 2.05) is 24.3 Å². The number of carboxylic acid groups (broad SMARTS) is 1. The Balaban J connectivity index is 1.33. The number of ether oxygens (including phenoxy) is 2. The minimum atomic E-state index is -1.06. The van der Waals surface area contributed by atoms with Crippen molar-refractivity contribution in [2.24, 2.45) is 5.92 Å². The number of nitrogens with zero attached hydrogens (tertiary/aromatic N) is 1. The molecule has 2 amide bonds. The number of fused-ring (bicyclic) bond motifs is 3. The average molecular weight is 481 g/mol. The number of hydrogen-bond acceptors (Lipinski definition) is 5. The Morgan fingerprint density at radius 3 is 2.31 bits per heavy atom. The number of carboxylic acids is 1. The van der Waals surface area contributed by atoms with E-state index in [1.54, 1.807) is 0 Å². The molecule has 2 aliphatic carbocycles. The number of hydrogen-bond donors (Lipinski definition) is 2. The molecule has 0 heterocycles. The van der Waals surface area contributed by atoms with Crippen molar-refractivity contribution in [3.8, 4) is 11.1 Å². The lowest BCUT2D eigenvalue weighted by molar-refractivity contribution is -0.147. The predicted molar refractivity (Wildman–Crippen MR) is 130 cm³/mol. The van der Waals surface area contributed by atoms with Crippen LogP contribution in [0, 0.1) is 5.92 Å². The second-order valence-corrected chi connectivity index (χ2v) is 9.18. The molecule has 35 heavy (non-hydrogen) atoms. The van der Waals surface area contributed by atoms with E-state index in [9.17, 15) is 14.4 Å². The van der Waals surface area contributed by atoms with Crippen LogP contribution in [0.1, 0.15) is 42.7 Å². The van der Waals surface area contributed by atoms with Crippen molar-refractivity contribution >= 4 is 18.0 Å². The minimum absolute atomic E-state index is 0.0146. The van der Waals surface area contributed by atoms with Gasteiger partial charge >= 0.3 is 12.1 Å². The molecule has 1 fully saturated rings. The Hall–Kier alpha value is -3.39. The SMILES string of the molecule is COCCN(CC(=O)O)C(=O)[C@@H]1CCC[C@@H](NC(=O)OCC2c3ccccc3-c3ccccc32)C1.